The Hall–Kier alpha value is -2.57. The number of hydrogen-bond donors (Lipinski definition) is 1. The van der Waals surface area contributed by atoms with E-state index >= 15 is 0 Å². The number of hydrogen-bond acceptors (Lipinski definition) is 5. The number of anilines is 1. The predicted octanol–water partition coefficient (Wildman–Crippen LogP) is 3.76. The highest BCUT2D eigenvalue weighted by molar-refractivity contribution is 6.35. The van der Waals surface area contributed by atoms with Gasteiger partial charge in [0, 0.05) is 16.3 Å². The summed E-state index contributed by atoms with van der Waals surface area (Å²) in [5.41, 5.74) is 0.899. The van der Waals surface area contributed by atoms with Gasteiger partial charge in [-0.25, -0.2) is 4.79 Å². The molecule has 1 N–H and O–H groups in total. The number of nitrogens with one attached hydrogen (secondary N) is 1. The van der Waals surface area contributed by atoms with Gasteiger partial charge in [-0.3, -0.25) is 9.59 Å². The van der Waals surface area contributed by atoms with E-state index in [-0.39, 0.29) is 16.6 Å². The standard InChI is InChI=1S/C18H15Cl2NO5/c1-11(22)12-3-2-4-14(7-12)21-17(23)9-26-18(24)10-25-16-6-5-13(19)8-15(16)20/h2-8H,9-10H2,1H3,(H,21,23). The number of esters is 1. The summed E-state index contributed by atoms with van der Waals surface area (Å²) >= 11 is 11.7. The highest BCUT2D eigenvalue weighted by atomic mass is 35.5. The van der Waals surface area contributed by atoms with Crippen molar-refractivity contribution in [3.8, 4) is 5.75 Å². The van der Waals surface area contributed by atoms with Crippen molar-refractivity contribution >= 4 is 46.5 Å². The maximum Gasteiger partial charge on any atom is 0.344 e. The van der Waals surface area contributed by atoms with E-state index in [2.05, 4.69) is 5.32 Å². The minimum atomic E-state index is -0.733. The fourth-order valence-electron chi connectivity index (χ4n) is 1.93. The van der Waals surface area contributed by atoms with Gasteiger partial charge in [-0.05, 0) is 37.3 Å². The molecule has 0 heterocycles. The molecule has 0 aliphatic rings. The summed E-state index contributed by atoms with van der Waals surface area (Å²) in [4.78, 5) is 34.8. The van der Waals surface area contributed by atoms with Crippen molar-refractivity contribution in [1.82, 2.24) is 0 Å². The number of rotatable bonds is 7. The zero-order valence-corrected chi connectivity index (χ0v) is 15.3. The van der Waals surface area contributed by atoms with Crippen LogP contribution in [0.25, 0.3) is 0 Å². The molecule has 136 valence electrons. The van der Waals surface area contributed by atoms with E-state index in [0.717, 1.165) is 0 Å². The lowest BCUT2D eigenvalue weighted by Crippen LogP contribution is -2.23. The zero-order valence-electron chi connectivity index (χ0n) is 13.8. The Bertz CT molecular complexity index is 838. The molecule has 26 heavy (non-hydrogen) atoms. The molecular weight excluding hydrogens is 381 g/mol. The van der Waals surface area contributed by atoms with Crippen LogP contribution in [0.2, 0.25) is 10.0 Å². The van der Waals surface area contributed by atoms with E-state index in [4.69, 9.17) is 32.7 Å². The summed E-state index contributed by atoms with van der Waals surface area (Å²) < 4.78 is 10.0. The number of carbonyl (C=O) groups excluding carboxylic acids is 3. The number of ketones is 1. The third-order valence-corrected chi connectivity index (χ3v) is 3.69. The Morgan fingerprint density at radius 3 is 2.50 bits per heavy atom. The molecule has 0 aliphatic carbocycles. The molecule has 0 aliphatic heterocycles. The first-order valence-corrected chi connectivity index (χ1v) is 8.25. The van der Waals surface area contributed by atoms with E-state index < -0.39 is 25.1 Å². The van der Waals surface area contributed by atoms with E-state index in [1.54, 1.807) is 24.3 Å². The SMILES string of the molecule is CC(=O)c1cccc(NC(=O)COC(=O)COc2ccc(Cl)cc2Cl)c1. The molecule has 0 unspecified atom stereocenters. The lowest BCUT2D eigenvalue weighted by molar-refractivity contribution is -0.149. The summed E-state index contributed by atoms with van der Waals surface area (Å²) in [6.45, 7) is 0.533. The van der Waals surface area contributed by atoms with Crippen molar-refractivity contribution in [3.63, 3.8) is 0 Å². The van der Waals surface area contributed by atoms with Gasteiger partial charge in [0.1, 0.15) is 5.75 Å². The number of amides is 1. The molecule has 2 aromatic carbocycles. The Morgan fingerprint density at radius 1 is 1.04 bits per heavy atom. The Kier molecular flexibility index (Phi) is 7.00. The van der Waals surface area contributed by atoms with Crippen LogP contribution in [0.1, 0.15) is 17.3 Å². The molecule has 2 rings (SSSR count). The maximum absolute atomic E-state index is 11.8. The van der Waals surface area contributed by atoms with E-state index in [9.17, 15) is 14.4 Å². The molecule has 1 amide bonds. The summed E-state index contributed by atoms with van der Waals surface area (Å²) in [6.07, 6.45) is 0. The van der Waals surface area contributed by atoms with Crippen LogP contribution >= 0.6 is 23.2 Å². The first-order chi connectivity index (χ1) is 12.3. The van der Waals surface area contributed by atoms with Crippen molar-refractivity contribution in [2.24, 2.45) is 0 Å². The smallest absolute Gasteiger partial charge is 0.344 e. The van der Waals surface area contributed by atoms with Crippen LogP contribution in [0, 0.1) is 0 Å². The van der Waals surface area contributed by atoms with Crippen LogP contribution in [0.3, 0.4) is 0 Å². The summed E-state index contributed by atoms with van der Waals surface area (Å²) in [5, 5.41) is 3.23. The molecule has 0 spiro atoms. The Morgan fingerprint density at radius 2 is 1.81 bits per heavy atom. The van der Waals surface area contributed by atoms with Crippen molar-refractivity contribution in [1.29, 1.82) is 0 Å². The molecule has 8 heteroatoms. The van der Waals surface area contributed by atoms with Crippen LogP contribution in [-0.4, -0.2) is 30.9 Å². The van der Waals surface area contributed by atoms with E-state index in [1.807, 2.05) is 0 Å². The van der Waals surface area contributed by atoms with Crippen molar-refractivity contribution in [2.75, 3.05) is 18.5 Å². The highest BCUT2D eigenvalue weighted by Crippen LogP contribution is 2.27. The molecule has 0 aromatic heterocycles. The number of ether oxygens (including phenoxy) is 2. The minimum Gasteiger partial charge on any atom is -0.480 e. The number of benzene rings is 2. The Labute approximate surface area is 160 Å². The highest BCUT2D eigenvalue weighted by Gasteiger charge is 2.11. The molecule has 0 atom stereocenters. The summed E-state index contributed by atoms with van der Waals surface area (Å²) in [7, 11) is 0. The quantitative estimate of drug-likeness (QED) is 0.570. The first kappa shape index (κ1) is 19.8. The van der Waals surface area contributed by atoms with Crippen molar-refractivity contribution in [2.45, 2.75) is 6.92 Å². The molecule has 0 fully saturated rings. The minimum absolute atomic E-state index is 0.120. The van der Waals surface area contributed by atoms with Gasteiger partial charge >= 0.3 is 5.97 Å². The monoisotopic (exact) mass is 395 g/mol. The molecule has 0 bridgehead atoms. The average Bonchev–Trinajstić information content (AvgIpc) is 2.59. The molecule has 0 saturated heterocycles. The van der Waals surface area contributed by atoms with Crippen molar-refractivity contribution < 1.29 is 23.9 Å². The zero-order chi connectivity index (χ0) is 19.1. The fraction of sp³-hybridized carbons (Fsp3) is 0.167. The van der Waals surface area contributed by atoms with E-state index in [1.165, 1.54) is 25.1 Å². The van der Waals surface area contributed by atoms with Crippen LogP contribution in [0.4, 0.5) is 5.69 Å². The van der Waals surface area contributed by atoms with Gasteiger partial charge in [-0.15, -0.1) is 0 Å². The van der Waals surface area contributed by atoms with Gasteiger partial charge in [0.2, 0.25) is 0 Å². The van der Waals surface area contributed by atoms with Crippen LogP contribution in [0.5, 0.6) is 5.75 Å². The molecular formula is C18H15Cl2NO5. The summed E-state index contributed by atoms with van der Waals surface area (Å²) in [5.74, 6) is -1.11. The third kappa shape index (κ3) is 6.06. The number of carbonyl (C=O) groups is 3. The van der Waals surface area contributed by atoms with Crippen LogP contribution in [-0.2, 0) is 14.3 Å². The first-order valence-electron chi connectivity index (χ1n) is 7.49. The normalized spacial score (nSPS) is 10.1. The molecule has 0 saturated carbocycles. The second-order valence-corrected chi connectivity index (χ2v) is 6.05. The lowest BCUT2D eigenvalue weighted by Gasteiger charge is -2.09. The predicted molar refractivity (Wildman–Crippen MR) is 98.0 cm³/mol. The van der Waals surface area contributed by atoms with Crippen LogP contribution in [0.15, 0.2) is 42.5 Å². The number of Topliss-reactive ketones (excluding diaryl/α,β-unsaturated/α-hetero) is 1. The second-order valence-electron chi connectivity index (χ2n) is 5.21. The lowest BCUT2D eigenvalue weighted by atomic mass is 10.1. The van der Waals surface area contributed by atoms with Gasteiger partial charge in [0.05, 0.1) is 5.02 Å². The maximum atomic E-state index is 11.8. The Balaban J connectivity index is 1.78. The van der Waals surface area contributed by atoms with Gasteiger partial charge in [0.15, 0.2) is 19.0 Å². The largest absolute Gasteiger partial charge is 0.480 e. The molecule has 2 aromatic rings. The molecule has 6 nitrogen and oxygen atoms in total. The fourth-order valence-corrected chi connectivity index (χ4v) is 2.39. The van der Waals surface area contributed by atoms with Gasteiger partial charge in [-0.1, -0.05) is 35.3 Å². The van der Waals surface area contributed by atoms with Crippen LogP contribution < -0.4 is 10.1 Å². The number of halogens is 2. The van der Waals surface area contributed by atoms with Gasteiger partial charge in [-0.2, -0.15) is 0 Å². The third-order valence-electron chi connectivity index (χ3n) is 3.16. The second kappa shape index (κ2) is 9.22. The molecule has 0 radical (unpaired) electrons. The topological polar surface area (TPSA) is 81.7 Å². The average molecular weight is 396 g/mol. The van der Waals surface area contributed by atoms with Gasteiger partial charge < -0.3 is 14.8 Å². The van der Waals surface area contributed by atoms with Crippen molar-refractivity contribution in [3.05, 3.63) is 58.1 Å². The summed E-state index contributed by atoms with van der Waals surface area (Å²) in [6, 6.07) is 11.0. The van der Waals surface area contributed by atoms with Gasteiger partial charge in [0.25, 0.3) is 5.91 Å². The van der Waals surface area contributed by atoms with E-state index in [0.29, 0.717) is 16.3 Å².